The lowest BCUT2D eigenvalue weighted by atomic mass is 10.1. The van der Waals surface area contributed by atoms with E-state index in [9.17, 15) is 22.4 Å². The number of nitrogens with zero attached hydrogens (tertiary/aromatic N) is 5. The van der Waals surface area contributed by atoms with Crippen LogP contribution in [0.4, 0.5) is 40.6 Å². The molecule has 11 nitrogen and oxygen atoms in total. The normalized spacial score (nSPS) is 13.4. The molecular formula is C34H33F4N7O4. The van der Waals surface area contributed by atoms with Crippen molar-refractivity contribution in [1.29, 1.82) is 0 Å². The van der Waals surface area contributed by atoms with Crippen LogP contribution in [0.25, 0.3) is 16.8 Å². The Labute approximate surface area is 278 Å². The van der Waals surface area contributed by atoms with Crippen LogP contribution in [0.3, 0.4) is 0 Å². The topological polar surface area (TPSA) is 124 Å². The first kappa shape index (κ1) is 34.6. The Morgan fingerprint density at radius 2 is 1.57 bits per heavy atom. The molecule has 0 saturated carbocycles. The number of piperazine rings is 1. The van der Waals surface area contributed by atoms with Gasteiger partial charge < -0.3 is 30.3 Å². The molecule has 0 bridgehead atoms. The fourth-order valence-corrected chi connectivity index (χ4v) is 5.01. The van der Waals surface area contributed by atoms with Gasteiger partial charge in [0.2, 0.25) is 11.9 Å². The second-order valence-corrected chi connectivity index (χ2v) is 11.2. The van der Waals surface area contributed by atoms with E-state index in [1.807, 2.05) is 48.7 Å². The van der Waals surface area contributed by atoms with Crippen LogP contribution >= 0.6 is 0 Å². The van der Waals surface area contributed by atoms with Crippen LogP contribution in [-0.4, -0.2) is 83.0 Å². The molecule has 3 aromatic carbocycles. The Kier molecular flexibility index (Phi) is 10.6. The lowest BCUT2D eigenvalue weighted by Crippen LogP contribution is -2.44. The van der Waals surface area contributed by atoms with Gasteiger partial charge in [-0.2, -0.15) is 18.2 Å². The number of carboxylic acid groups (broad SMARTS) is 1. The van der Waals surface area contributed by atoms with Crippen molar-refractivity contribution in [2.45, 2.75) is 12.6 Å². The number of carbonyl (C=O) groups is 2. The van der Waals surface area contributed by atoms with Gasteiger partial charge in [0.05, 0.1) is 19.2 Å². The smallest absolute Gasteiger partial charge is 0.490 e. The minimum atomic E-state index is -5.08. The number of pyridine rings is 1. The van der Waals surface area contributed by atoms with Crippen molar-refractivity contribution in [3.05, 3.63) is 96.4 Å². The number of alkyl halides is 3. The summed E-state index contributed by atoms with van der Waals surface area (Å²) >= 11 is 0. The van der Waals surface area contributed by atoms with Crippen LogP contribution in [0, 0.1) is 5.82 Å². The molecule has 5 aromatic rings. The number of carboxylic acids is 1. The summed E-state index contributed by atoms with van der Waals surface area (Å²) in [6, 6.07) is 23.6. The molecule has 0 unspecified atom stereocenters. The number of halogens is 4. The van der Waals surface area contributed by atoms with Gasteiger partial charge in [0, 0.05) is 55.4 Å². The van der Waals surface area contributed by atoms with E-state index in [4.69, 9.17) is 14.6 Å². The summed E-state index contributed by atoms with van der Waals surface area (Å²) in [5.74, 6) is -2.04. The summed E-state index contributed by atoms with van der Waals surface area (Å²) in [6.07, 6.45) is -2.99. The average molecular weight is 680 g/mol. The predicted octanol–water partition coefficient (Wildman–Crippen LogP) is 5.85. The Morgan fingerprint density at radius 3 is 2.20 bits per heavy atom. The Bertz CT molecular complexity index is 1910. The highest BCUT2D eigenvalue weighted by molar-refractivity contribution is 5.92. The minimum Gasteiger partial charge on any atom is -0.494 e. The van der Waals surface area contributed by atoms with Gasteiger partial charge in [0.15, 0.2) is 5.65 Å². The average Bonchev–Trinajstić information content (AvgIpc) is 3.48. The highest BCUT2D eigenvalue weighted by Crippen LogP contribution is 2.32. The van der Waals surface area contributed by atoms with Crippen LogP contribution in [-0.2, 0) is 16.0 Å². The SMILES string of the molecule is COc1cc(N2CCN(C)CC2)ccc1Nc1nc2ccc(-c3ccc(NC(=O)Cc4ccc(F)cc4)cc3)cn2n1.O=C(O)C(F)(F)F. The van der Waals surface area contributed by atoms with Gasteiger partial charge >= 0.3 is 12.1 Å². The first-order valence-corrected chi connectivity index (χ1v) is 15.1. The van der Waals surface area contributed by atoms with E-state index in [-0.39, 0.29) is 18.1 Å². The van der Waals surface area contributed by atoms with Crippen LogP contribution in [0.1, 0.15) is 5.56 Å². The Morgan fingerprint density at radius 1 is 0.918 bits per heavy atom. The van der Waals surface area contributed by atoms with Crippen molar-refractivity contribution < 1.29 is 37.0 Å². The van der Waals surface area contributed by atoms with Gasteiger partial charge in [-0.3, -0.25) is 4.79 Å². The van der Waals surface area contributed by atoms with Gasteiger partial charge in [-0.15, -0.1) is 5.10 Å². The summed E-state index contributed by atoms with van der Waals surface area (Å²) < 4.78 is 52.3. The fourth-order valence-electron chi connectivity index (χ4n) is 5.01. The molecule has 1 aliphatic heterocycles. The number of anilines is 4. The van der Waals surface area contributed by atoms with Crippen molar-refractivity contribution in [2.75, 3.05) is 55.9 Å². The fraction of sp³-hybridized carbons (Fsp3) is 0.235. The van der Waals surface area contributed by atoms with E-state index in [0.717, 1.165) is 60.0 Å². The zero-order valence-electron chi connectivity index (χ0n) is 26.5. The number of nitrogens with one attached hydrogen (secondary N) is 2. The van der Waals surface area contributed by atoms with Gasteiger partial charge in [0.1, 0.15) is 11.6 Å². The molecule has 0 aliphatic carbocycles. The number of methoxy groups -OCH3 is 1. The number of hydrogen-bond acceptors (Lipinski definition) is 8. The monoisotopic (exact) mass is 679 g/mol. The summed E-state index contributed by atoms with van der Waals surface area (Å²) in [7, 11) is 3.81. The van der Waals surface area contributed by atoms with Gasteiger partial charge in [0.25, 0.3) is 0 Å². The zero-order valence-corrected chi connectivity index (χ0v) is 26.5. The molecule has 15 heteroatoms. The highest BCUT2D eigenvalue weighted by atomic mass is 19.4. The summed E-state index contributed by atoms with van der Waals surface area (Å²) in [6.45, 7) is 4.04. The van der Waals surface area contributed by atoms with Crippen molar-refractivity contribution in [2.24, 2.45) is 0 Å². The molecule has 1 saturated heterocycles. The maximum absolute atomic E-state index is 13.1. The molecule has 0 atom stereocenters. The van der Waals surface area contributed by atoms with E-state index in [1.54, 1.807) is 23.8 Å². The summed E-state index contributed by atoms with van der Waals surface area (Å²) in [5, 5.41) is 18.0. The van der Waals surface area contributed by atoms with Crippen LogP contribution in [0.5, 0.6) is 5.75 Å². The van der Waals surface area contributed by atoms with E-state index in [0.29, 0.717) is 17.3 Å². The maximum Gasteiger partial charge on any atom is 0.490 e. The quantitative estimate of drug-likeness (QED) is 0.173. The number of ether oxygens (including phenoxy) is 1. The molecule has 49 heavy (non-hydrogen) atoms. The molecule has 2 aromatic heterocycles. The number of benzene rings is 3. The molecule has 1 fully saturated rings. The number of aromatic nitrogens is 3. The molecule has 3 heterocycles. The van der Waals surface area contributed by atoms with Gasteiger partial charge in [-0.1, -0.05) is 24.3 Å². The number of likely N-dealkylation sites (N-methyl/N-ethyl adjacent to an activating group) is 1. The Balaban J connectivity index is 0.000000606. The van der Waals surface area contributed by atoms with Crippen LogP contribution < -0.4 is 20.3 Å². The number of amides is 1. The van der Waals surface area contributed by atoms with E-state index in [2.05, 4.69) is 49.7 Å². The number of aliphatic carboxylic acids is 1. The number of rotatable bonds is 8. The minimum absolute atomic E-state index is 0.163. The van der Waals surface area contributed by atoms with Gasteiger partial charge in [-0.25, -0.2) is 13.7 Å². The van der Waals surface area contributed by atoms with Crippen molar-refractivity contribution in [3.8, 4) is 16.9 Å². The second kappa shape index (κ2) is 15.0. The predicted molar refractivity (Wildman–Crippen MR) is 177 cm³/mol. The largest absolute Gasteiger partial charge is 0.494 e. The molecular weight excluding hydrogens is 646 g/mol. The first-order valence-electron chi connectivity index (χ1n) is 15.1. The third kappa shape index (κ3) is 9.22. The van der Waals surface area contributed by atoms with Gasteiger partial charge in [-0.05, 0) is 66.7 Å². The number of carbonyl (C=O) groups excluding carboxylic acids is 1. The maximum atomic E-state index is 13.1. The zero-order chi connectivity index (χ0) is 35.1. The van der Waals surface area contributed by atoms with Crippen molar-refractivity contribution in [1.82, 2.24) is 19.5 Å². The number of hydrogen-bond donors (Lipinski definition) is 3. The van der Waals surface area contributed by atoms with E-state index < -0.39 is 12.1 Å². The van der Waals surface area contributed by atoms with Crippen LogP contribution in [0.2, 0.25) is 0 Å². The number of fused-ring (bicyclic) bond motifs is 1. The molecule has 1 amide bonds. The van der Waals surface area contributed by atoms with Crippen molar-refractivity contribution >= 4 is 40.5 Å². The summed E-state index contributed by atoms with van der Waals surface area (Å²) in [5.41, 5.74) is 6.00. The lowest BCUT2D eigenvalue weighted by molar-refractivity contribution is -0.192. The Hall–Kier alpha value is -5.70. The van der Waals surface area contributed by atoms with Crippen molar-refractivity contribution in [3.63, 3.8) is 0 Å². The third-order valence-electron chi connectivity index (χ3n) is 7.65. The standard InChI is InChI=1S/C32H32FN7O2.C2HF3O2/c1-38-15-17-39(18-16-38)27-12-13-28(29(20-27)42-2)35-32-36-30-14-7-24(21-40(30)37-32)23-5-10-26(11-6-23)34-31(41)19-22-3-8-25(33)9-4-22;3-2(4,5)1(6)7/h3-14,20-21H,15-19H2,1-2H3,(H,34,41)(H,35,37);(H,6,7). The molecule has 0 radical (unpaired) electrons. The third-order valence-corrected chi connectivity index (χ3v) is 7.65. The second-order valence-electron chi connectivity index (χ2n) is 11.2. The molecule has 1 aliphatic rings. The van der Waals surface area contributed by atoms with Crippen LogP contribution in [0.15, 0.2) is 85.1 Å². The molecule has 0 spiro atoms. The van der Waals surface area contributed by atoms with E-state index in [1.165, 1.54) is 12.1 Å². The summed E-state index contributed by atoms with van der Waals surface area (Å²) in [4.78, 5) is 30.6. The lowest BCUT2D eigenvalue weighted by Gasteiger charge is -2.34. The molecule has 6 rings (SSSR count). The highest BCUT2D eigenvalue weighted by Gasteiger charge is 2.38. The first-order chi connectivity index (χ1) is 23.4. The van der Waals surface area contributed by atoms with E-state index >= 15 is 0 Å². The molecule has 3 N–H and O–H groups in total. The molecule has 256 valence electrons.